The predicted octanol–water partition coefficient (Wildman–Crippen LogP) is 3.84. The number of aromatic nitrogens is 2. The fourth-order valence-corrected chi connectivity index (χ4v) is 4.39. The van der Waals surface area contributed by atoms with E-state index in [9.17, 15) is 14.7 Å². The first kappa shape index (κ1) is 22.8. The third-order valence-corrected chi connectivity index (χ3v) is 10.7. The Balaban J connectivity index is 2.48. The molecule has 0 bridgehead atoms. The minimum absolute atomic E-state index is 0.0409. The molecule has 0 spiro atoms. The Morgan fingerprint density at radius 1 is 1.36 bits per heavy atom. The average Bonchev–Trinajstić information content (AvgIpc) is 2.58. The largest absolute Gasteiger partial charge is 0.480 e. The number of aliphatic carboxylic acids is 1. The number of fused-ring (bicyclic) bond motifs is 1. The Morgan fingerprint density at radius 2 is 1.96 bits per heavy atom. The van der Waals surface area contributed by atoms with E-state index in [1.54, 1.807) is 4.90 Å². The summed E-state index contributed by atoms with van der Waals surface area (Å²) in [6.07, 6.45) is 3.25. The topological polar surface area (TPSA) is 92.6 Å². The summed E-state index contributed by atoms with van der Waals surface area (Å²) in [6, 6.07) is -0.984. The fourth-order valence-electron chi connectivity index (χ4n) is 2.91. The number of thioether (sulfide) groups is 1. The number of Topliss-reactive ketones (excluding diaryl/α,β-unsaturated/α-hetero) is 1. The molecule has 1 aromatic rings. The number of carbonyl (C=O) groups excluding carboxylic acids is 1. The highest BCUT2D eigenvalue weighted by Crippen LogP contribution is 2.39. The minimum Gasteiger partial charge on any atom is -0.480 e. The van der Waals surface area contributed by atoms with Gasteiger partial charge in [0.2, 0.25) is 0 Å². The summed E-state index contributed by atoms with van der Waals surface area (Å²) in [4.78, 5) is 35.0. The van der Waals surface area contributed by atoms with Crippen molar-refractivity contribution in [3.8, 4) is 0 Å². The molecule has 2 rings (SSSR count). The minimum atomic E-state index is -2.03. The zero-order valence-corrected chi connectivity index (χ0v) is 19.8. The van der Waals surface area contributed by atoms with E-state index in [2.05, 4.69) is 43.8 Å². The number of rotatable bonds is 6. The lowest BCUT2D eigenvalue weighted by Gasteiger charge is -2.47. The van der Waals surface area contributed by atoms with Gasteiger partial charge in [-0.25, -0.2) is 14.8 Å². The van der Waals surface area contributed by atoms with Crippen LogP contribution in [0.5, 0.6) is 0 Å². The second kappa shape index (κ2) is 7.76. The van der Waals surface area contributed by atoms with Gasteiger partial charge in [-0.2, -0.15) is 0 Å². The Bertz CT molecular complexity index is 777. The van der Waals surface area contributed by atoms with E-state index >= 15 is 0 Å². The van der Waals surface area contributed by atoms with Gasteiger partial charge in [0.15, 0.2) is 19.3 Å². The molecule has 0 radical (unpaired) electrons. The van der Waals surface area contributed by atoms with Gasteiger partial charge in [-0.3, -0.25) is 4.79 Å². The van der Waals surface area contributed by atoms with Crippen molar-refractivity contribution in [2.45, 2.75) is 75.9 Å². The second-order valence-corrected chi connectivity index (χ2v) is 14.9. The van der Waals surface area contributed by atoms with Gasteiger partial charge in [-0.1, -0.05) is 32.5 Å². The van der Waals surface area contributed by atoms with E-state index in [0.29, 0.717) is 23.1 Å². The summed E-state index contributed by atoms with van der Waals surface area (Å²) in [5, 5.41) is 10.4. The molecule has 0 fully saturated rings. The van der Waals surface area contributed by atoms with E-state index in [4.69, 9.17) is 4.43 Å². The van der Waals surface area contributed by atoms with Crippen LogP contribution >= 0.6 is 11.8 Å². The number of anilines is 1. The third-order valence-electron chi connectivity index (χ3n) is 5.68. The van der Waals surface area contributed by atoms with E-state index in [1.807, 2.05) is 20.1 Å². The maximum atomic E-state index is 12.5. The van der Waals surface area contributed by atoms with Crippen molar-refractivity contribution in [2.75, 3.05) is 17.8 Å². The lowest BCUT2D eigenvalue weighted by molar-refractivity contribution is -0.139. The quantitative estimate of drug-likeness (QED) is 0.417. The van der Waals surface area contributed by atoms with Crippen LogP contribution in [0.3, 0.4) is 0 Å². The molecule has 156 valence electrons. The van der Waals surface area contributed by atoms with Gasteiger partial charge in [-0.05, 0) is 38.2 Å². The summed E-state index contributed by atoms with van der Waals surface area (Å²) in [7, 11) is -2.03. The van der Waals surface area contributed by atoms with Crippen molar-refractivity contribution in [3.63, 3.8) is 0 Å². The SMILES string of the molecule is CSc1ncc2c(n1)N(C(C)(C)CO[Si](C)(C)C(C)(C)C)C(C(=O)O)CC2=O. The Kier molecular flexibility index (Phi) is 6.33. The highest BCUT2D eigenvalue weighted by molar-refractivity contribution is 7.98. The molecule has 1 aliphatic heterocycles. The van der Waals surface area contributed by atoms with Crippen LogP contribution in [0.15, 0.2) is 11.4 Å². The zero-order valence-electron chi connectivity index (χ0n) is 18.0. The number of carboxylic acids is 1. The molecule has 1 atom stereocenters. The Labute approximate surface area is 172 Å². The molecule has 0 amide bonds. The standard InChI is InChI=1S/C19H31N3O4SSi/c1-18(2,3)28(7,8)26-11-19(4,5)22-13(16(24)25)9-14(23)12-10-20-17(27-6)21-15(12)22/h10,13H,9,11H2,1-8H3,(H,24,25). The van der Waals surface area contributed by atoms with Crippen molar-refractivity contribution < 1.29 is 19.1 Å². The number of ketones is 1. The molecule has 0 saturated carbocycles. The second-order valence-electron chi connectivity index (χ2n) is 9.31. The van der Waals surface area contributed by atoms with Gasteiger partial charge in [0.05, 0.1) is 17.7 Å². The van der Waals surface area contributed by atoms with Crippen LogP contribution in [-0.4, -0.2) is 59.6 Å². The summed E-state index contributed by atoms with van der Waals surface area (Å²) >= 11 is 1.35. The van der Waals surface area contributed by atoms with Crippen LogP contribution in [-0.2, 0) is 9.22 Å². The predicted molar refractivity (Wildman–Crippen MR) is 114 cm³/mol. The van der Waals surface area contributed by atoms with Crippen molar-refractivity contribution in [2.24, 2.45) is 0 Å². The maximum absolute atomic E-state index is 12.5. The highest BCUT2D eigenvalue weighted by Gasteiger charge is 2.46. The van der Waals surface area contributed by atoms with Gasteiger partial charge >= 0.3 is 5.97 Å². The molecule has 1 aromatic heterocycles. The summed E-state index contributed by atoms with van der Waals surface area (Å²) < 4.78 is 6.41. The van der Waals surface area contributed by atoms with Gasteiger partial charge in [0.1, 0.15) is 11.9 Å². The molecule has 1 unspecified atom stereocenters. The van der Waals surface area contributed by atoms with Crippen LogP contribution in [0, 0.1) is 0 Å². The van der Waals surface area contributed by atoms with Gasteiger partial charge in [0, 0.05) is 12.6 Å². The van der Waals surface area contributed by atoms with Crippen LogP contribution in [0.1, 0.15) is 51.4 Å². The van der Waals surface area contributed by atoms with E-state index in [-0.39, 0.29) is 17.2 Å². The van der Waals surface area contributed by atoms with Crippen molar-refractivity contribution in [3.05, 3.63) is 11.8 Å². The first-order valence-electron chi connectivity index (χ1n) is 9.31. The molecule has 7 nitrogen and oxygen atoms in total. The van der Waals surface area contributed by atoms with Crippen LogP contribution < -0.4 is 4.90 Å². The highest BCUT2D eigenvalue weighted by atomic mass is 32.2. The average molecular weight is 426 g/mol. The lowest BCUT2D eigenvalue weighted by atomic mass is 9.92. The molecule has 0 saturated heterocycles. The zero-order chi connectivity index (χ0) is 21.5. The molecule has 2 heterocycles. The van der Waals surface area contributed by atoms with Crippen LogP contribution in [0.25, 0.3) is 0 Å². The van der Waals surface area contributed by atoms with Crippen LogP contribution in [0.2, 0.25) is 18.1 Å². The van der Waals surface area contributed by atoms with Gasteiger partial charge in [-0.15, -0.1) is 0 Å². The van der Waals surface area contributed by atoms with Crippen LogP contribution in [0.4, 0.5) is 5.82 Å². The van der Waals surface area contributed by atoms with Crippen molar-refractivity contribution in [1.82, 2.24) is 9.97 Å². The van der Waals surface area contributed by atoms with Gasteiger partial charge < -0.3 is 14.4 Å². The molecule has 0 aromatic carbocycles. The Morgan fingerprint density at radius 3 is 2.46 bits per heavy atom. The molecule has 0 aliphatic carbocycles. The van der Waals surface area contributed by atoms with E-state index < -0.39 is 25.9 Å². The monoisotopic (exact) mass is 425 g/mol. The number of carbonyl (C=O) groups is 2. The number of carboxylic acid groups (broad SMARTS) is 1. The lowest BCUT2D eigenvalue weighted by Crippen LogP contribution is -2.60. The molecular formula is C19H31N3O4SSi. The normalized spacial score (nSPS) is 18.2. The Hall–Kier alpha value is -1.45. The smallest absolute Gasteiger partial charge is 0.326 e. The first-order valence-corrected chi connectivity index (χ1v) is 13.4. The first-order chi connectivity index (χ1) is 12.7. The van der Waals surface area contributed by atoms with E-state index in [0.717, 1.165) is 0 Å². The molecule has 1 aliphatic rings. The van der Waals surface area contributed by atoms with Gasteiger partial charge in [0.25, 0.3) is 0 Å². The molecule has 9 heteroatoms. The summed E-state index contributed by atoms with van der Waals surface area (Å²) in [5.41, 5.74) is -0.298. The van der Waals surface area contributed by atoms with Crippen molar-refractivity contribution >= 4 is 37.6 Å². The van der Waals surface area contributed by atoms with E-state index in [1.165, 1.54) is 18.0 Å². The number of hydrogen-bond acceptors (Lipinski definition) is 7. The molecule has 28 heavy (non-hydrogen) atoms. The fraction of sp³-hybridized carbons (Fsp3) is 0.684. The number of hydrogen-bond donors (Lipinski definition) is 1. The summed E-state index contributed by atoms with van der Waals surface area (Å²) in [5.74, 6) is -0.900. The summed E-state index contributed by atoms with van der Waals surface area (Å²) in [6.45, 7) is 15.1. The number of nitrogens with zero attached hydrogens (tertiary/aromatic N) is 3. The molecule has 1 N–H and O–H groups in total. The molecular weight excluding hydrogens is 394 g/mol. The van der Waals surface area contributed by atoms with Crippen molar-refractivity contribution in [1.29, 1.82) is 0 Å². The maximum Gasteiger partial charge on any atom is 0.326 e. The third kappa shape index (κ3) is 4.41.